The minimum atomic E-state index is -0.402. The molecule has 1 aromatic rings. The Morgan fingerprint density at radius 1 is 1.56 bits per heavy atom. The van der Waals surface area contributed by atoms with Gasteiger partial charge in [-0.1, -0.05) is 0 Å². The fraction of sp³-hybridized carbons (Fsp3) is 0.545. The first-order valence-electron chi connectivity index (χ1n) is 5.69. The lowest BCUT2D eigenvalue weighted by Crippen LogP contribution is -2.17. The SMILES string of the molecule is CSC1CCC(Nc2c(Br)cncc2[N+](=O)[O-])C1. The van der Waals surface area contributed by atoms with Crippen LogP contribution in [0.5, 0.6) is 0 Å². The zero-order valence-corrected chi connectivity index (χ0v) is 12.3. The van der Waals surface area contributed by atoms with E-state index in [1.165, 1.54) is 6.20 Å². The van der Waals surface area contributed by atoms with E-state index in [9.17, 15) is 10.1 Å². The first kappa shape index (κ1) is 13.6. The fourth-order valence-electron chi connectivity index (χ4n) is 2.20. The predicted molar refractivity (Wildman–Crippen MR) is 77.2 cm³/mol. The number of hydrogen-bond donors (Lipinski definition) is 1. The van der Waals surface area contributed by atoms with Gasteiger partial charge in [0.2, 0.25) is 0 Å². The summed E-state index contributed by atoms with van der Waals surface area (Å²) in [5.41, 5.74) is 0.568. The van der Waals surface area contributed by atoms with Crippen molar-refractivity contribution < 1.29 is 4.92 Å². The van der Waals surface area contributed by atoms with Gasteiger partial charge in [-0.05, 0) is 41.4 Å². The molecule has 1 aromatic heterocycles. The van der Waals surface area contributed by atoms with Crippen molar-refractivity contribution in [2.75, 3.05) is 11.6 Å². The molecule has 2 unspecified atom stereocenters. The van der Waals surface area contributed by atoms with Crippen LogP contribution in [0.25, 0.3) is 0 Å². The third-order valence-electron chi connectivity index (χ3n) is 3.14. The molecule has 0 aliphatic heterocycles. The Morgan fingerprint density at radius 2 is 2.33 bits per heavy atom. The number of thioether (sulfide) groups is 1. The molecule has 0 amide bonds. The normalized spacial score (nSPS) is 23.0. The highest BCUT2D eigenvalue weighted by Crippen LogP contribution is 2.36. The Hall–Kier alpha value is -0.820. The van der Waals surface area contributed by atoms with Crippen LogP contribution in [0, 0.1) is 10.1 Å². The Labute approximate surface area is 118 Å². The lowest BCUT2D eigenvalue weighted by Gasteiger charge is -2.15. The molecule has 18 heavy (non-hydrogen) atoms. The van der Waals surface area contributed by atoms with Crippen molar-refractivity contribution in [3.05, 3.63) is 27.0 Å². The number of pyridine rings is 1. The molecule has 7 heteroatoms. The number of nitrogens with zero attached hydrogens (tertiary/aromatic N) is 2. The maximum Gasteiger partial charge on any atom is 0.311 e. The van der Waals surface area contributed by atoms with Crippen LogP contribution in [-0.4, -0.2) is 27.5 Å². The van der Waals surface area contributed by atoms with Crippen LogP contribution >= 0.6 is 27.7 Å². The molecule has 0 saturated heterocycles. The molecule has 98 valence electrons. The molecule has 1 aliphatic rings. The highest BCUT2D eigenvalue weighted by atomic mass is 79.9. The van der Waals surface area contributed by atoms with E-state index in [0.717, 1.165) is 19.3 Å². The largest absolute Gasteiger partial charge is 0.376 e. The summed E-state index contributed by atoms with van der Waals surface area (Å²) in [6.07, 6.45) is 8.24. The van der Waals surface area contributed by atoms with Crippen molar-refractivity contribution in [3.8, 4) is 0 Å². The van der Waals surface area contributed by atoms with Gasteiger partial charge in [0.1, 0.15) is 11.9 Å². The van der Waals surface area contributed by atoms with E-state index in [1.807, 2.05) is 11.8 Å². The highest BCUT2D eigenvalue weighted by molar-refractivity contribution is 9.10. The smallest absolute Gasteiger partial charge is 0.311 e. The van der Waals surface area contributed by atoms with Crippen molar-refractivity contribution >= 4 is 39.1 Å². The molecule has 0 bridgehead atoms. The van der Waals surface area contributed by atoms with Gasteiger partial charge in [-0.15, -0.1) is 0 Å². The van der Waals surface area contributed by atoms with Crippen LogP contribution in [0.3, 0.4) is 0 Å². The van der Waals surface area contributed by atoms with Crippen molar-refractivity contribution in [2.45, 2.75) is 30.6 Å². The quantitative estimate of drug-likeness (QED) is 0.676. The van der Waals surface area contributed by atoms with Gasteiger partial charge in [0, 0.05) is 17.5 Å². The number of nitrogens with one attached hydrogen (secondary N) is 1. The topological polar surface area (TPSA) is 68.1 Å². The van der Waals surface area contributed by atoms with E-state index < -0.39 is 4.92 Å². The molecule has 1 N–H and O–H groups in total. The maximum atomic E-state index is 11.0. The van der Waals surface area contributed by atoms with Gasteiger partial charge in [0.15, 0.2) is 0 Å². The summed E-state index contributed by atoms with van der Waals surface area (Å²) in [5.74, 6) is 0. The second-order valence-electron chi connectivity index (χ2n) is 4.28. The monoisotopic (exact) mass is 331 g/mol. The van der Waals surface area contributed by atoms with E-state index in [-0.39, 0.29) is 5.69 Å². The molecule has 2 atom stereocenters. The summed E-state index contributed by atoms with van der Waals surface area (Å²) in [4.78, 5) is 14.4. The van der Waals surface area contributed by atoms with Gasteiger partial charge in [-0.2, -0.15) is 11.8 Å². The van der Waals surface area contributed by atoms with Crippen LogP contribution in [0.1, 0.15) is 19.3 Å². The number of halogens is 1. The van der Waals surface area contributed by atoms with Gasteiger partial charge < -0.3 is 5.32 Å². The Morgan fingerprint density at radius 3 is 2.94 bits per heavy atom. The molecule has 2 rings (SSSR count). The summed E-state index contributed by atoms with van der Waals surface area (Å²) in [7, 11) is 0. The minimum absolute atomic E-state index is 0.0250. The van der Waals surface area contributed by atoms with Gasteiger partial charge in [-0.25, -0.2) is 0 Å². The Balaban J connectivity index is 2.16. The van der Waals surface area contributed by atoms with Crippen LogP contribution in [0.2, 0.25) is 0 Å². The molecular formula is C11H14BrN3O2S. The Kier molecular flexibility index (Phi) is 4.45. The molecule has 0 radical (unpaired) electrons. The van der Waals surface area contributed by atoms with E-state index in [2.05, 4.69) is 32.5 Å². The molecule has 0 spiro atoms. The first-order chi connectivity index (χ1) is 8.61. The average Bonchev–Trinajstić information content (AvgIpc) is 2.79. The van der Waals surface area contributed by atoms with E-state index in [1.54, 1.807) is 6.20 Å². The highest BCUT2D eigenvalue weighted by Gasteiger charge is 2.27. The summed E-state index contributed by atoms with van der Waals surface area (Å²) in [6, 6.07) is 0.305. The zero-order chi connectivity index (χ0) is 13.1. The second-order valence-corrected chi connectivity index (χ2v) is 6.28. The van der Waals surface area contributed by atoms with Gasteiger partial charge in [0.05, 0.1) is 9.40 Å². The van der Waals surface area contributed by atoms with Gasteiger partial charge >= 0.3 is 5.69 Å². The maximum absolute atomic E-state index is 11.0. The van der Waals surface area contributed by atoms with E-state index >= 15 is 0 Å². The second kappa shape index (κ2) is 5.88. The fourth-order valence-corrected chi connectivity index (χ4v) is 3.43. The minimum Gasteiger partial charge on any atom is -0.376 e. The first-order valence-corrected chi connectivity index (χ1v) is 7.77. The molecule has 1 aliphatic carbocycles. The van der Waals surface area contributed by atoms with Crippen LogP contribution in [0.4, 0.5) is 11.4 Å². The molecule has 1 fully saturated rings. The summed E-state index contributed by atoms with van der Waals surface area (Å²) in [6.45, 7) is 0. The lowest BCUT2D eigenvalue weighted by molar-refractivity contribution is -0.384. The van der Waals surface area contributed by atoms with E-state index in [4.69, 9.17) is 0 Å². The third-order valence-corrected chi connectivity index (χ3v) is 4.84. The lowest BCUT2D eigenvalue weighted by atomic mass is 10.2. The van der Waals surface area contributed by atoms with Gasteiger partial charge in [-0.3, -0.25) is 15.1 Å². The van der Waals surface area contributed by atoms with Crippen molar-refractivity contribution in [1.29, 1.82) is 0 Å². The summed E-state index contributed by atoms with van der Waals surface area (Å²) in [5, 5.41) is 14.9. The number of hydrogen-bond acceptors (Lipinski definition) is 5. The van der Waals surface area contributed by atoms with Gasteiger partial charge in [0.25, 0.3) is 0 Å². The third kappa shape index (κ3) is 2.95. The van der Waals surface area contributed by atoms with Crippen molar-refractivity contribution in [3.63, 3.8) is 0 Å². The summed E-state index contributed by atoms with van der Waals surface area (Å²) >= 11 is 5.18. The number of rotatable bonds is 4. The van der Waals surface area contributed by atoms with Crippen LogP contribution in [-0.2, 0) is 0 Å². The van der Waals surface area contributed by atoms with Crippen molar-refractivity contribution in [1.82, 2.24) is 4.98 Å². The number of nitro groups is 1. The predicted octanol–water partition coefficient (Wildman–Crippen LogP) is 3.45. The standard InChI is InChI=1S/C11H14BrN3O2S/c1-18-8-3-2-7(4-8)14-11-9(12)5-13-6-10(11)15(16)17/h5-8H,2-4H2,1H3,(H,13,14). The molecule has 5 nitrogen and oxygen atoms in total. The van der Waals surface area contributed by atoms with Crippen molar-refractivity contribution in [2.24, 2.45) is 0 Å². The molecule has 1 heterocycles. The average molecular weight is 332 g/mol. The molecule has 1 saturated carbocycles. The zero-order valence-electron chi connectivity index (χ0n) is 9.93. The summed E-state index contributed by atoms with van der Waals surface area (Å²) < 4.78 is 0.643. The number of aromatic nitrogens is 1. The molecule has 0 aromatic carbocycles. The van der Waals surface area contributed by atoms with Crippen LogP contribution < -0.4 is 5.32 Å². The van der Waals surface area contributed by atoms with E-state index in [0.29, 0.717) is 21.5 Å². The Bertz CT molecular complexity index is 458. The molecular weight excluding hydrogens is 318 g/mol. The number of anilines is 1. The van der Waals surface area contributed by atoms with Crippen LogP contribution in [0.15, 0.2) is 16.9 Å².